The summed E-state index contributed by atoms with van der Waals surface area (Å²) in [6, 6.07) is 10.7. The Labute approximate surface area is 128 Å². The van der Waals surface area contributed by atoms with Gasteiger partial charge in [0.1, 0.15) is 11.5 Å². The van der Waals surface area contributed by atoms with Crippen LogP contribution in [0.1, 0.15) is 5.56 Å². The summed E-state index contributed by atoms with van der Waals surface area (Å²) in [6.07, 6.45) is 2.77. The van der Waals surface area contributed by atoms with Crippen molar-refractivity contribution in [3.63, 3.8) is 0 Å². The predicted molar refractivity (Wildman–Crippen MR) is 85.5 cm³/mol. The molecule has 0 bridgehead atoms. The monoisotopic (exact) mass is 306 g/mol. The van der Waals surface area contributed by atoms with E-state index < -0.39 is 0 Å². The van der Waals surface area contributed by atoms with Gasteiger partial charge in [0.15, 0.2) is 0 Å². The standard InChI is InChI=1S/C15H14N2O3.ClH/c16-11-2-7-14(19)10(9-11)1-8-15(20)17-12-3-5-13(18)6-4-12;/h1-9,18-19H,16H2,(H,17,20);1H/b8-1+;. The summed E-state index contributed by atoms with van der Waals surface area (Å²) in [5.74, 6) is -0.173. The molecule has 2 aromatic carbocycles. The molecule has 0 radical (unpaired) electrons. The van der Waals surface area contributed by atoms with Gasteiger partial charge in [0.05, 0.1) is 0 Å². The molecule has 2 rings (SSSR count). The fourth-order valence-electron chi connectivity index (χ4n) is 1.60. The fourth-order valence-corrected chi connectivity index (χ4v) is 1.60. The van der Waals surface area contributed by atoms with Crippen LogP contribution in [-0.2, 0) is 4.79 Å². The topological polar surface area (TPSA) is 95.6 Å². The van der Waals surface area contributed by atoms with E-state index in [1.807, 2.05) is 0 Å². The number of rotatable bonds is 3. The molecular weight excluding hydrogens is 292 g/mol. The number of hydrogen-bond donors (Lipinski definition) is 4. The van der Waals surface area contributed by atoms with E-state index in [0.29, 0.717) is 16.9 Å². The Morgan fingerprint density at radius 3 is 2.43 bits per heavy atom. The zero-order valence-corrected chi connectivity index (χ0v) is 11.8. The Morgan fingerprint density at radius 2 is 1.76 bits per heavy atom. The Balaban J connectivity index is 0.00000220. The maximum atomic E-state index is 11.7. The van der Waals surface area contributed by atoms with Gasteiger partial charge in [0.2, 0.25) is 5.91 Å². The molecule has 0 saturated heterocycles. The quantitative estimate of drug-likeness (QED) is 0.398. The van der Waals surface area contributed by atoms with Crippen LogP contribution in [0.4, 0.5) is 11.4 Å². The number of nitrogens with two attached hydrogens (primary N) is 1. The van der Waals surface area contributed by atoms with Crippen molar-refractivity contribution in [1.29, 1.82) is 0 Å². The van der Waals surface area contributed by atoms with Crippen molar-refractivity contribution in [2.45, 2.75) is 0 Å². The zero-order valence-electron chi connectivity index (χ0n) is 11.0. The third kappa shape index (κ3) is 4.74. The summed E-state index contributed by atoms with van der Waals surface area (Å²) in [5.41, 5.74) is 7.13. The van der Waals surface area contributed by atoms with Crippen molar-refractivity contribution in [2.24, 2.45) is 0 Å². The summed E-state index contributed by atoms with van der Waals surface area (Å²) < 4.78 is 0. The van der Waals surface area contributed by atoms with Gasteiger partial charge >= 0.3 is 0 Å². The van der Waals surface area contributed by atoms with Crippen molar-refractivity contribution in [1.82, 2.24) is 0 Å². The van der Waals surface area contributed by atoms with E-state index in [1.165, 1.54) is 30.4 Å². The number of phenolic OH excluding ortho intramolecular Hbond substituents is 2. The summed E-state index contributed by atoms with van der Waals surface area (Å²) in [7, 11) is 0. The van der Waals surface area contributed by atoms with Crippen LogP contribution in [0.5, 0.6) is 11.5 Å². The van der Waals surface area contributed by atoms with Gasteiger partial charge in [-0.2, -0.15) is 0 Å². The molecule has 1 amide bonds. The van der Waals surface area contributed by atoms with Crippen LogP contribution in [-0.4, -0.2) is 16.1 Å². The van der Waals surface area contributed by atoms with Crippen LogP contribution < -0.4 is 11.1 Å². The normalized spacial score (nSPS) is 10.1. The zero-order chi connectivity index (χ0) is 14.5. The molecule has 0 spiro atoms. The van der Waals surface area contributed by atoms with Crippen LogP contribution in [0, 0.1) is 0 Å². The van der Waals surface area contributed by atoms with E-state index in [-0.39, 0.29) is 29.8 Å². The third-order valence-electron chi connectivity index (χ3n) is 2.60. The average molecular weight is 307 g/mol. The van der Waals surface area contributed by atoms with Crippen molar-refractivity contribution in [3.8, 4) is 11.5 Å². The van der Waals surface area contributed by atoms with E-state index in [2.05, 4.69) is 5.32 Å². The van der Waals surface area contributed by atoms with Crippen LogP contribution >= 0.6 is 12.4 Å². The molecule has 0 aliphatic rings. The van der Waals surface area contributed by atoms with Crippen LogP contribution in [0.2, 0.25) is 0 Å². The molecule has 0 heterocycles. The van der Waals surface area contributed by atoms with E-state index >= 15 is 0 Å². The Bertz CT molecular complexity index is 654. The maximum absolute atomic E-state index is 11.7. The molecule has 0 atom stereocenters. The van der Waals surface area contributed by atoms with Gasteiger partial charge in [0, 0.05) is 23.0 Å². The van der Waals surface area contributed by atoms with Crippen LogP contribution in [0.15, 0.2) is 48.5 Å². The number of aromatic hydroxyl groups is 2. The highest BCUT2D eigenvalue weighted by Gasteiger charge is 2.00. The highest BCUT2D eigenvalue weighted by molar-refractivity contribution is 6.02. The first-order valence-corrected chi connectivity index (χ1v) is 5.91. The number of nitrogens with one attached hydrogen (secondary N) is 1. The second-order valence-electron chi connectivity index (χ2n) is 4.19. The Hall–Kier alpha value is -2.66. The number of amides is 1. The van der Waals surface area contributed by atoms with Crippen molar-refractivity contribution >= 4 is 35.8 Å². The number of hydrogen-bond acceptors (Lipinski definition) is 4. The SMILES string of the molecule is Cl.Nc1ccc(O)c(/C=C/C(=O)Nc2ccc(O)cc2)c1. The first kappa shape index (κ1) is 16.4. The van der Waals surface area contributed by atoms with E-state index in [0.717, 1.165) is 0 Å². The number of benzene rings is 2. The molecule has 2 aromatic rings. The molecule has 5 nitrogen and oxygen atoms in total. The Kier molecular flexibility index (Phi) is 5.63. The van der Waals surface area contributed by atoms with Gasteiger partial charge in [0.25, 0.3) is 0 Å². The minimum absolute atomic E-state index is 0. The van der Waals surface area contributed by atoms with Gasteiger partial charge in [-0.3, -0.25) is 4.79 Å². The molecule has 21 heavy (non-hydrogen) atoms. The minimum Gasteiger partial charge on any atom is -0.508 e. The fraction of sp³-hybridized carbons (Fsp3) is 0. The molecule has 5 N–H and O–H groups in total. The third-order valence-corrected chi connectivity index (χ3v) is 2.60. The number of halogens is 1. The van der Waals surface area contributed by atoms with Crippen molar-refractivity contribution in [3.05, 3.63) is 54.1 Å². The summed E-state index contributed by atoms with van der Waals surface area (Å²) in [5, 5.41) is 21.4. The maximum Gasteiger partial charge on any atom is 0.248 e. The number of carbonyl (C=O) groups is 1. The second-order valence-corrected chi connectivity index (χ2v) is 4.19. The van der Waals surface area contributed by atoms with E-state index in [4.69, 9.17) is 10.8 Å². The molecule has 0 fully saturated rings. The van der Waals surface area contributed by atoms with Gasteiger partial charge in [-0.15, -0.1) is 12.4 Å². The Morgan fingerprint density at radius 1 is 1.10 bits per heavy atom. The number of phenols is 2. The molecule has 0 unspecified atom stereocenters. The molecular formula is C15H15ClN2O3. The smallest absolute Gasteiger partial charge is 0.248 e. The molecule has 0 saturated carbocycles. The summed E-state index contributed by atoms with van der Waals surface area (Å²) in [4.78, 5) is 11.7. The molecule has 6 heteroatoms. The second kappa shape index (κ2) is 7.21. The first-order valence-electron chi connectivity index (χ1n) is 5.91. The van der Waals surface area contributed by atoms with Crippen molar-refractivity contribution < 1.29 is 15.0 Å². The number of carbonyl (C=O) groups excluding carboxylic acids is 1. The van der Waals surface area contributed by atoms with E-state index in [9.17, 15) is 9.90 Å². The van der Waals surface area contributed by atoms with Gasteiger partial charge in [-0.25, -0.2) is 0 Å². The highest BCUT2D eigenvalue weighted by atomic mass is 35.5. The van der Waals surface area contributed by atoms with Gasteiger partial charge in [-0.05, 0) is 48.5 Å². The lowest BCUT2D eigenvalue weighted by Crippen LogP contribution is -2.07. The molecule has 110 valence electrons. The van der Waals surface area contributed by atoms with Gasteiger partial charge < -0.3 is 21.3 Å². The van der Waals surface area contributed by atoms with E-state index in [1.54, 1.807) is 24.3 Å². The largest absolute Gasteiger partial charge is 0.508 e. The first-order chi connectivity index (χ1) is 9.54. The lowest BCUT2D eigenvalue weighted by Gasteiger charge is -2.03. The van der Waals surface area contributed by atoms with Crippen LogP contribution in [0.25, 0.3) is 6.08 Å². The van der Waals surface area contributed by atoms with Crippen molar-refractivity contribution in [2.75, 3.05) is 11.1 Å². The lowest BCUT2D eigenvalue weighted by atomic mass is 10.1. The average Bonchev–Trinajstić information content (AvgIpc) is 2.42. The lowest BCUT2D eigenvalue weighted by molar-refractivity contribution is -0.111. The minimum atomic E-state index is -0.350. The molecule has 0 aliphatic heterocycles. The van der Waals surface area contributed by atoms with Crippen LogP contribution in [0.3, 0.4) is 0 Å². The predicted octanol–water partition coefficient (Wildman–Crippen LogP) is 2.75. The number of anilines is 2. The van der Waals surface area contributed by atoms with Gasteiger partial charge in [-0.1, -0.05) is 0 Å². The number of nitrogen functional groups attached to an aromatic ring is 1. The summed E-state index contributed by atoms with van der Waals surface area (Å²) >= 11 is 0. The molecule has 0 aliphatic carbocycles. The molecule has 0 aromatic heterocycles. The highest BCUT2D eigenvalue weighted by Crippen LogP contribution is 2.21. The summed E-state index contributed by atoms with van der Waals surface area (Å²) in [6.45, 7) is 0.